The van der Waals surface area contributed by atoms with Crippen molar-refractivity contribution >= 4 is 88.2 Å². The molecular weight excluding hydrogens is 880 g/mol. The van der Waals surface area contributed by atoms with E-state index in [0.717, 1.165) is 67.0 Å². The molecule has 9 rings (SSSR count). The van der Waals surface area contributed by atoms with Gasteiger partial charge in [-0.1, -0.05) is 23.2 Å². The maximum Gasteiger partial charge on any atom is 0.255 e. The van der Waals surface area contributed by atoms with Crippen LogP contribution in [0.2, 0.25) is 10.0 Å². The van der Waals surface area contributed by atoms with E-state index in [1.54, 1.807) is 23.4 Å². The highest BCUT2D eigenvalue weighted by molar-refractivity contribution is 7.80. The molecule has 4 amide bonds. The molecule has 3 aromatic heterocycles. The van der Waals surface area contributed by atoms with Crippen molar-refractivity contribution in [3.05, 3.63) is 93.9 Å². The number of carbonyl (C=O) groups excluding carboxylic acids is 5. The zero-order valence-electron chi connectivity index (χ0n) is 35.3. The van der Waals surface area contributed by atoms with Gasteiger partial charge in [0.15, 0.2) is 6.29 Å². The van der Waals surface area contributed by atoms with Crippen LogP contribution in [0.25, 0.3) is 22.2 Å². The normalized spacial score (nSPS) is 18.5. The van der Waals surface area contributed by atoms with Crippen LogP contribution >= 0.6 is 35.8 Å². The second-order valence-corrected chi connectivity index (χ2v) is 18.2. The summed E-state index contributed by atoms with van der Waals surface area (Å²) < 4.78 is 6.17. The summed E-state index contributed by atoms with van der Waals surface area (Å²) in [6.07, 6.45) is 7.33. The van der Waals surface area contributed by atoms with Gasteiger partial charge < -0.3 is 30.1 Å². The van der Waals surface area contributed by atoms with E-state index in [2.05, 4.69) is 60.8 Å². The number of aromatic nitrogens is 4. The summed E-state index contributed by atoms with van der Waals surface area (Å²) in [5, 5.41) is 18.5. The number of fused-ring (bicyclic) bond motifs is 1. The average Bonchev–Trinajstić information content (AvgIpc) is 3.68. The Kier molecular flexibility index (Phi) is 13.4. The lowest BCUT2D eigenvalue weighted by Crippen LogP contribution is -2.71. The number of hydrogen-bond donors (Lipinski definition) is 5. The molecule has 4 aliphatic heterocycles. The molecule has 0 saturated carbocycles. The van der Waals surface area contributed by atoms with Crippen molar-refractivity contribution in [1.29, 1.82) is 0 Å². The van der Waals surface area contributed by atoms with Crippen LogP contribution in [0.3, 0.4) is 0 Å². The molecule has 1 unspecified atom stereocenters. The van der Waals surface area contributed by atoms with Gasteiger partial charge in [-0.15, -0.1) is 0 Å². The molecule has 16 nitrogen and oxygen atoms in total. The van der Waals surface area contributed by atoms with Gasteiger partial charge in [-0.3, -0.25) is 39.4 Å². The third-order valence-electron chi connectivity index (χ3n) is 12.2. The topological polar surface area (TPSA) is 195 Å². The minimum atomic E-state index is -0.794. The van der Waals surface area contributed by atoms with E-state index in [9.17, 15) is 24.0 Å². The molecule has 334 valence electrons. The van der Waals surface area contributed by atoms with E-state index < -0.39 is 17.9 Å². The number of aldehydes is 1. The Labute approximate surface area is 385 Å². The number of carbonyl (C=O) groups is 5. The van der Waals surface area contributed by atoms with E-state index in [1.807, 2.05) is 31.3 Å². The number of halogens is 2. The molecule has 19 heteroatoms. The summed E-state index contributed by atoms with van der Waals surface area (Å²) >= 11 is 17.0. The number of pyridine rings is 2. The Bertz CT molecular complexity index is 2550. The fourth-order valence-electron chi connectivity index (χ4n) is 8.44. The van der Waals surface area contributed by atoms with Crippen molar-refractivity contribution < 1.29 is 28.7 Å². The van der Waals surface area contributed by atoms with E-state index in [0.29, 0.717) is 57.1 Å². The number of rotatable bonds is 11. The lowest BCUT2D eigenvalue weighted by Gasteiger charge is -2.56. The molecule has 4 N–H and O–H groups in total. The quantitative estimate of drug-likeness (QED) is 0.0628. The highest BCUT2D eigenvalue weighted by Gasteiger charge is 2.48. The Morgan fingerprint density at radius 2 is 1.78 bits per heavy atom. The van der Waals surface area contributed by atoms with Gasteiger partial charge in [-0.25, -0.2) is 4.98 Å². The van der Waals surface area contributed by atoms with E-state index in [1.165, 1.54) is 24.1 Å². The number of amides is 4. The molecule has 64 heavy (non-hydrogen) atoms. The van der Waals surface area contributed by atoms with Crippen molar-refractivity contribution in [1.82, 2.24) is 40.6 Å². The Balaban J connectivity index is 0.000000176. The van der Waals surface area contributed by atoms with E-state index in [4.69, 9.17) is 32.9 Å². The summed E-state index contributed by atoms with van der Waals surface area (Å²) in [6.45, 7) is 7.68. The van der Waals surface area contributed by atoms with Gasteiger partial charge in [0.1, 0.15) is 29.4 Å². The molecular formula is C45H48Cl2N10O6S. The molecule has 0 radical (unpaired) electrons. The van der Waals surface area contributed by atoms with Crippen LogP contribution < -0.4 is 25.6 Å². The number of likely N-dealkylation sites (tertiary alicyclic amines) is 1. The largest absolute Gasteiger partial charge is 0.486 e. The molecule has 7 heterocycles. The average molecular weight is 928 g/mol. The van der Waals surface area contributed by atoms with Crippen molar-refractivity contribution in [3.63, 3.8) is 0 Å². The predicted octanol–water partition coefficient (Wildman–Crippen LogP) is 5.59. The number of H-pyrrole nitrogens is 1. The zero-order chi connectivity index (χ0) is 45.1. The van der Waals surface area contributed by atoms with E-state index >= 15 is 0 Å². The number of piperidine rings is 2. The van der Waals surface area contributed by atoms with Crippen LogP contribution in [0, 0.1) is 5.41 Å². The second-order valence-electron chi connectivity index (χ2n) is 16.7. The molecule has 5 aromatic rings. The Hall–Kier alpha value is -5.75. The minimum absolute atomic E-state index is 0.0479. The maximum atomic E-state index is 13.0. The number of thiol groups is 1. The summed E-state index contributed by atoms with van der Waals surface area (Å²) in [5.74, 6) is 0.247. The predicted molar refractivity (Wildman–Crippen MR) is 247 cm³/mol. The van der Waals surface area contributed by atoms with Gasteiger partial charge in [-0.2, -0.15) is 17.7 Å². The lowest BCUT2D eigenvalue weighted by molar-refractivity contribution is -0.136. The standard InChI is InChI=1S/C24H22Cl2N6O.C21H26N4O5S/c1-14(22-18(25)8-27-9-19(22)26)33-16-3-4-20-17(6-16)23(31-30-20)15-2-5-21(29-7-15)32-12-24(13-32)10-28-11-24;1-24(17-4-5-18(27)23-20(17)29)21(30)16-10-14(3-2-13(16)12-26)22-11-19(28)25-8-6-15(31)7-9-25/h2-9,14,28H,10-13H2,1H3,(H,30,31);2-3,10,12,15,17,22,31H,4-9,11H2,1H3,(H,23,27,29)/t14-;/m1./s1. The van der Waals surface area contributed by atoms with Crippen molar-refractivity contribution in [2.24, 2.45) is 5.41 Å². The molecule has 4 fully saturated rings. The van der Waals surface area contributed by atoms with Crippen molar-refractivity contribution in [2.45, 2.75) is 50.0 Å². The van der Waals surface area contributed by atoms with Gasteiger partial charge in [0.05, 0.1) is 27.7 Å². The highest BCUT2D eigenvalue weighted by Crippen LogP contribution is 2.38. The molecule has 0 bridgehead atoms. The molecule has 4 saturated heterocycles. The highest BCUT2D eigenvalue weighted by atomic mass is 35.5. The first-order valence-corrected chi connectivity index (χ1v) is 22.3. The number of nitrogens with one attached hydrogen (secondary N) is 4. The van der Waals surface area contributed by atoms with Crippen LogP contribution in [0.5, 0.6) is 5.75 Å². The fourth-order valence-corrected chi connectivity index (χ4v) is 9.35. The van der Waals surface area contributed by atoms with Gasteiger partial charge in [-0.05, 0) is 74.7 Å². The summed E-state index contributed by atoms with van der Waals surface area (Å²) in [7, 11) is 1.46. The molecule has 2 aromatic carbocycles. The van der Waals surface area contributed by atoms with Gasteiger partial charge >= 0.3 is 0 Å². The fraction of sp³-hybridized carbons (Fsp3) is 0.378. The van der Waals surface area contributed by atoms with Gasteiger partial charge in [0.25, 0.3) is 5.91 Å². The minimum Gasteiger partial charge on any atom is -0.486 e. The number of imide groups is 1. The van der Waals surface area contributed by atoms with Crippen LogP contribution in [0.1, 0.15) is 65.0 Å². The summed E-state index contributed by atoms with van der Waals surface area (Å²) in [6, 6.07) is 13.8. The number of nitrogens with zero attached hydrogens (tertiary/aromatic N) is 6. The van der Waals surface area contributed by atoms with Crippen LogP contribution in [0.15, 0.2) is 67.1 Å². The number of ether oxygens (including phenoxy) is 1. The van der Waals surface area contributed by atoms with Crippen LogP contribution in [-0.4, -0.2) is 124 Å². The Morgan fingerprint density at radius 3 is 2.44 bits per heavy atom. The maximum absolute atomic E-state index is 13.0. The molecule has 0 aliphatic carbocycles. The lowest BCUT2D eigenvalue weighted by atomic mass is 9.74. The molecule has 2 atom stereocenters. The third kappa shape index (κ3) is 9.67. The van der Waals surface area contributed by atoms with Gasteiger partial charge in [0, 0.05) is 110 Å². The van der Waals surface area contributed by atoms with Crippen LogP contribution in [0.4, 0.5) is 11.5 Å². The van der Waals surface area contributed by atoms with Crippen molar-refractivity contribution in [3.8, 4) is 17.0 Å². The third-order valence-corrected chi connectivity index (χ3v) is 13.3. The number of likely N-dealkylation sites (N-methyl/N-ethyl adjacent to an activating group) is 1. The SMILES string of the molecule is CN(C(=O)c1cc(NCC(=O)N2CCC(S)CC2)ccc1C=O)C1CCC(=O)NC1=O.C[C@@H](Oc1ccc2[nH]nc(-c3ccc(N4CC5(CNC5)C4)nc3)c2c1)c1c(Cl)cncc1Cl. The van der Waals surface area contributed by atoms with Gasteiger partial charge in [0.2, 0.25) is 17.7 Å². The van der Waals surface area contributed by atoms with Crippen molar-refractivity contribution in [2.75, 3.05) is 63.1 Å². The van der Waals surface area contributed by atoms with E-state index in [-0.39, 0.29) is 48.4 Å². The number of aromatic amines is 1. The summed E-state index contributed by atoms with van der Waals surface area (Å²) in [5.41, 5.74) is 4.72. The monoisotopic (exact) mass is 926 g/mol. The molecule has 1 spiro atoms. The number of anilines is 2. The zero-order valence-corrected chi connectivity index (χ0v) is 37.7. The Morgan fingerprint density at radius 1 is 1.03 bits per heavy atom. The first kappa shape index (κ1) is 44.8. The summed E-state index contributed by atoms with van der Waals surface area (Å²) in [4.78, 5) is 74.4. The molecule has 4 aliphatic rings. The number of benzene rings is 2. The number of hydrogen-bond acceptors (Lipinski definition) is 13. The second kappa shape index (κ2) is 19.2. The van der Waals surface area contributed by atoms with Crippen LogP contribution in [-0.2, 0) is 14.4 Å². The first-order valence-electron chi connectivity index (χ1n) is 21.1. The first-order chi connectivity index (χ1) is 30.8. The smallest absolute Gasteiger partial charge is 0.255 e.